The van der Waals surface area contributed by atoms with Gasteiger partial charge in [-0.2, -0.15) is 13.2 Å². The highest BCUT2D eigenvalue weighted by Crippen LogP contribution is 2.33. The molecule has 0 saturated carbocycles. The van der Waals surface area contributed by atoms with Crippen LogP contribution in [-0.2, 0) is 6.18 Å². The van der Waals surface area contributed by atoms with E-state index in [1.807, 2.05) is 0 Å². The molecule has 0 unspecified atom stereocenters. The van der Waals surface area contributed by atoms with E-state index in [0.29, 0.717) is 25.6 Å². The Morgan fingerprint density at radius 2 is 2.00 bits per heavy atom. The van der Waals surface area contributed by atoms with Crippen LogP contribution in [0.3, 0.4) is 0 Å². The summed E-state index contributed by atoms with van der Waals surface area (Å²) < 4.78 is 37.8. The molecule has 0 amide bonds. The van der Waals surface area contributed by atoms with Crippen LogP contribution < -0.4 is 4.90 Å². The van der Waals surface area contributed by atoms with Gasteiger partial charge in [0.05, 0.1) is 16.8 Å². The summed E-state index contributed by atoms with van der Waals surface area (Å²) in [6.45, 7) is 2.50. The summed E-state index contributed by atoms with van der Waals surface area (Å²) in [5, 5.41) is 17.9. The molecule has 0 heterocycles. The van der Waals surface area contributed by atoms with Crippen molar-refractivity contribution in [1.82, 2.24) is 0 Å². The number of alkyl halides is 3. The van der Waals surface area contributed by atoms with Crippen LogP contribution in [0.2, 0.25) is 0 Å². The van der Waals surface area contributed by atoms with E-state index in [1.165, 1.54) is 0 Å². The third-order valence-corrected chi connectivity index (χ3v) is 2.86. The number of carbonyl (C=O) groups is 1. The van der Waals surface area contributed by atoms with Crippen LogP contribution in [0.15, 0.2) is 18.2 Å². The molecule has 112 valence electrons. The lowest BCUT2D eigenvalue weighted by Crippen LogP contribution is -2.27. The molecule has 0 aliphatic carbocycles. The predicted molar refractivity (Wildman–Crippen MR) is 68.0 cm³/mol. The van der Waals surface area contributed by atoms with Gasteiger partial charge < -0.3 is 15.1 Å². The summed E-state index contributed by atoms with van der Waals surface area (Å²) in [5.41, 5.74) is -1.15. The highest BCUT2D eigenvalue weighted by atomic mass is 19.4. The summed E-state index contributed by atoms with van der Waals surface area (Å²) in [7, 11) is 0. The molecule has 0 aromatic heterocycles. The number of anilines is 1. The van der Waals surface area contributed by atoms with Crippen LogP contribution in [0.1, 0.15) is 29.3 Å². The van der Waals surface area contributed by atoms with Crippen LogP contribution in [0.25, 0.3) is 0 Å². The smallest absolute Gasteiger partial charge is 0.416 e. The van der Waals surface area contributed by atoms with Gasteiger partial charge >= 0.3 is 12.1 Å². The Balaban J connectivity index is 3.22. The molecular weight excluding hydrogens is 275 g/mol. The standard InChI is InChI=1S/C13H16F3NO3/c1-2-17(6-3-7-18)11-5-4-9(13(14,15)16)8-10(11)12(19)20/h4-5,8,18H,2-3,6-7H2,1H3,(H,19,20). The second kappa shape index (κ2) is 6.60. The van der Waals surface area contributed by atoms with Crippen LogP contribution in [0.5, 0.6) is 0 Å². The second-order valence-electron chi connectivity index (χ2n) is 4.19. The average molecular weight is 291 g/mol. The van der Waals surface area contributed by atoms with Gasteiger partial charge in [0.25, 0.3) is 0 Å². The number of halogens is 3. The lowest BCUT2D eigenvalue weighted by atomic mass is 10.1. The predicted octanol–water partition coefficient (Wildman–Crippen LogP) is 2.61. The highest BCUT2D eigenvalue weighted by molar-refractivity contribution is 5.94. The van der Waals surface area contributed by atoms with Gasteiger partial charge in [-0.1, -0.05) is 0 Å². The van der Waals surface area contributed by atoms with Crippen molar-refractivity contribution in [1.29, 1.82) is 0 Å². The summed E-state index contributed by atoms with van der Waals surface area (Å²) >= 11 is 0. The Kier molecular flexibility index (Phi) is 5.38. The Morgan fingerprint density at radius 3 is 2.45 bits per heavy atom. The van der Waals surface area contributed by atoms with Gasteiger partial charge in [0.1, 0.15) is 0 Å². The molecule has 0 aliphatic rings. The third-order valence-electron chi connectivity index (χ3n) is 2.86. The van der Waals surface area contributed by atoms with Gasteiger partial charge in [-0.15, -0.1) is 0 Å². The van der Waals surface area contributed by atoms with Crippen LogP contribution >= 0.6 is 0 Å². The molecule has 0 radical (unpaired) electrons. The first-order chi connectivity index (χ1) is 9.31. The Morgan fingerprint density at radius 1 is 1.35 bits per heavy atom. The van der Waals surface area contributed by atoms with Crippen molar-refractivity contribution in [2.24, 2.45) is 0 Å². The minimum absolute atomic E-state index is 0.0699. The SMILES string of the molecule is CCN(CCCO)c1ccc(C(F)(F)F)cc1C(=O)O. The van der Waals surface area contributed by atoms with Gasteiger partial charge in [-0.25, -0.2) is 4.79 Å². The lowest BCUT2D eigenvalue weighted by Gasteiger charge is -2.25. The van der Waals surface area contributed by atoms with E-state index >= 15 is 0 Å². The minimum atomic E-state index is -4.58. The van der Waals surface area contributed by atoms with Crippen molar-refractivity contribution in [3.8, 4) is 0 Å². The number of aliphatic hydroxyl groups excluding tert-OH is 1. The summed E-state index contributed by atoms with van der Waals surface area (Å²) in [6, 6.07) is 2.66. The maximum atomic E-state index is 12.6. The molecular formula is C13H16F3NO3. The first-order valence-corrected chi connectivity index (χ1v) is 6.11. The lowest BCUT2D eigenvalue weighted by molar-refractivity contribution is -0.137. The summed E-state index contributed by atoms with van der Waals surface area (Å²) in [4.78, 5) is 12.8. The van der Waals surface area contributed by atoms with E-state index in [4.69, 9.17) is 10.2 Å². The zero-order valence-electron chi connectivity index (χ0n) is 10.9. The maximum Gasteiger partial charge on any atom is 0.416 e. The van der Waals surface area contributed by atoms with Gasteiger partial charge in [0, 0.05) is 19.7 Å². The largest absolute Gasteiger partial charge is 0.478 e. The Hall–Kier alpha value is -1.76. The molecule has 0 saturated heterocycles. The number of hydrogen-bond acceptors (Lipinski definition) is 3. The number of benzene rings is 1. The van der Waals surface area contributed by atoms with E-state index in [0.717, 1.165) is 12.1 Å². The summed E-state index contributed by atoms with van der Waals surface area (Å²) in [5.74, 6) is -1.41. The first-order valence-electron chi connectivity index (χ1n) is 6.11. The quantitative estimate of drug-likeness (QED) is 0.846. The third kappa shape index (κ3) is 3.86. The normalized spacial score (nSPS) is 11.4. The monoisotopic (exact) mass is 291 g/mol. The molecule has 0 fully saturated rings. The molecule has 1 aromatic rings. The fraction of sp³-hybridized carbons (Fsp3) is 0.462. The number of nitrogens with zero attached hydrogens (tertiary/aromatic N) is 1. The zero-order chi connectivity index (χ0) is 15.3. The van der Waals surface area contributed by atoms with E-state index in [9.17, 15) is 18.0 Å². The molecule has 0 aliphatic heterocycles. The molecule has 4 nitrogen and oxygen atoms in total. The molecule has 1 rings (SSSR count). The fourth-order valence-corrected chi connectivity index (χ4v) is 1.87. The van der Waals surface area contributed by atoms with E-state index in [1.54, 1.807) is 11.8 Å². The summed E-state index contributed by atoms with van der Waals surface area (Å²) in [6.07, 6.45) is -4.17. The van der Waals surface area contributed by atoms with Crippen LogP contribution in [0.4, 0.5) is 18.9 Å². The Bertz CT molecular complexity index is 474. The number of aromatic carboxylic acids is 1. The van der Waals surface area contributed by atoms with Gasteiger partial charge in [0.15, 0.2) is 0 Å². The number of aliphatic hydroxyl groups is 1. The number of carboxylic acids is 1. The number of rotatable bonds is 6. The molecule has 0 atom stereocenters. The van der Waals surface area contributed by atoms with E-state index < -0.39 is 17.7 Å². The average Bonchev–Trinajstić information content (AvgIpc) is 2.38. The van der Waals surface area contributed by atoms with Crippen LogP contribution in [-0.4, -0.2) is 35.9 Å². The van der Waals surface area contributed by atoms with E-state index in [-0.39, 0.29) is 17.9 Å². The molecule has 20 heavy (non-hydrogen) atoms. The van der Waals surface area contributed by atoms with E-state index in [2.05, 4.69) is 0 Å². The van der Waals surface area contributed by atoms with Crippen molar-refractivity contribution < 1.29 is 28.2 Å². The Labute approximate surface area is 114 Å². The fourth-order valence-electron chi connectivity index (χ4n) is 1.87. The van der Waals surface area contributed by atoms with Crippen molar-refractivity contribution in [2.45, 2.75) is 19.5 Å². The van der Waals surface area contributed by atoms with Gasteiger partial charge in [-0.3, -0.25) is 0 Å². The highest BCUT2D eigenvalue weighted by Gasteiger charge is 2.32. The number of hydrogen-bond donors (Lipinski definition) is 2. The van der Waals surface area contributed by atoms with Crippen molar-refractivity contribution in [2.75, 3.05) is 24.6 Å². The van der Waals surface area contributed by atoms with Crippen molar-refractivity contribution in [3.05, 3.63) is 29.3 Å². The number of carboxylic acid groups (broad SMARTS) is 1. The van der Waals surface area contributed by atoms with Gasteiger partial charge in [-0.05, 0) is 31.5 Å². The topological polar surface area (TPSA) is 60.8 Å². The molecule has 1 aromatic carbocycles. The second-order valence-corrected chi connectivity index (χ2v) is 4.19. The molecule has 0 spiro atoms. The maximum absolute atomic E-state index is 12.6. The molecule has 0 bridgehead atoms. The molecule has 7 heteroatoms. The van der Waals surface area contributed by atoms with Crippen LogP contribution in [0, 0.1) is 0 Å². The zero-order valence-corrected chi connectivity index (χ0v) is 10.9. The first kappa shape index (κ1) is 16.3. The van der Waals surface area contributed by atoms with Gasteiger partial charge in [0.2, 0.25) is 0 Å². The molecule has 2 N–H and O–H groups in total. The minimum Gasteiger partial charge on any atom is -0.478 e. The van der Waals surface area contributed by atoms with Crippen molar-refractivity contribution in [3.63, 3.8) is 0 Å². The van der Waals surface area contributed by atoms with Crippen molar-refractivity contribution >= 4 is 11.7 Å².